The minimum atomic E-state index is -3.55. The van der Waals surface area contributed by atoms with Crippen LogP contribution in [0.3, 0.4) is 0 Å². The SMILES string of the molecule is COCCNS(=O)(=O)c1ccc(CNC(=O)CC2=CSC3=NCCN23)cc1. The molecule has 146 valence electrons. The molecule has 3 rings (SSSR count). The Labute approximate surface area is 163 Å². The summed E-state index contributed by atoms with van der Waals surface area (Å²) in [6.45, 7) is 2.47. The molecule has 2 N–H and O–H groups in total. The van der Waals surface area contributed by atoms with Gasteiger partial charge in [-0.2, -0.15) is 0 Å². The zero-order valence-corrected chi connectivity index (χ0v) is 16.6. The van der Waals surface area contributed by atoms with E-state index in [9.17, 15) is 13.2 Å². The highest BCUT2D eigenvalue weighted by atomic mass is 32.2. The third-order valence-electron chi connectivity index (χ3n) is 4.11. The van der Waals surface area contributed by atoms with Gasteiger partial charge in [0.2, 0.25) is 15.9 Å². The number of amidine groups is 1. The number of sulfonamides is 1. The molecule has 0 spiro atoms. The Hall–Kier alpha value is -1.88. The van der Waals surface area contributed by atoms with Crippen LogP contribution in [0.15, 0.2) is 45.3 Å². The van der Waals surface area contributed by atoms with Crippen molar-refractivity contribution in [3.63, 3.8) is 0 Å². The lowest BCUT2D eigenvalue weighted by Crippen LogP contribution is -2.28. The first kappa shape index (κ1) is 19.9. The molecule has 0 aromatic heterocycles. The molecule has 2 heterocycles. The molecular formula is C17H22N4O4S2. The maximum absolute atomic E-state index is 12.2. The number of hydrogen-bond donors (Lipinski definition) is 2. The molecule has 0 bridgehead atoms. The van der Waals surface area contributed by atoms with Crippen LogP contribution >= 0.6 is 11.8 Å². The van der Waals surface area contributed by atoms with Gasteiger partial charge >= 0.3 is 0 Å². The van der Waals surface area contributed by atoms with E-state index in [1.54, 1.807) is 23.9 Å². The first-order valence-electron chi connectivity index (χ1n) is 8.51. The lowest BCUT2D eigenvalue weighted by Gasteiger charge is -2.16. The van der Waals surface area contributed by atoms with Crippen molar-refractivity contribution in [2.45, 2.75) is 17.9 Å². The number of nitrogens with one attached hydrogen (secondary N) is 2. The van der Waals surface area contributed by atoms with E-state index in [0.29, 0.717) is 19.6 Å². The van der Waals surface area contributed by atoms with Crippen LogP contribution in [-0.2, 0) is 26.1 Å². The largest absolute Gasteiger partial charge is 0.383 e. The zero-order valence-electron chi connectivity index (χ0n) is 15.0. The fourth-order valence-electron chi connectivity index (χ4n) is 2.69. The number of rotatable bonds is 9. The van der Waals surface area contributed by atoms with Crippen molar-refractivity contribution in [1.29, 1.82) is 0 Å². The number of hydrogen-bond acceptors (Lipinski definition) is 7. The summed E-state index contributed by atoms with van der Waals surface area (Å²) in [6, 6.07) is 6.45. The number of carbonyl (C=O) groups is 1. The molecule has 2 aliphatic rings. The standard InChI is InChI=1S/C17H22N4O4S2/c1-25-9-7-20-27(23,24)15-4-2-13(3-5-15)11-19-16(22)10-14-12-26-17-18-6-8-21(14)17/h2-5,12,20H,6-11H2,1H3,(H,19,22). The van der Waals surface area contributed by atoms with Crippen LogP contribution < -0.4 is 10.0 Å². The van der Waals surface area contributed by atoms with Crippen LogP contribution in [0.2, 0.25) is 0 Å². The van der Waals surface area contributed by atoms with E-state index in [0.717, 1.165) is 29.5 Å². The summed E-state index contributed by atoms with van der Waals surface area (Å²) >= 11 is 1.55. The highest BCUT2D eigenvalue weighted by molar-refractivity contribution is 8.16. The predicted octanol–water partition coefficient (Wildman–Crippen LogP) is 0.877. The normalized spacial score (nSPS) is 16.1. The minimum Gasteiger partial charge on any atom is -0.383 e. The monoisotopic (exact) mass is 410 g/mol. The van der Waals surface area contributed by atoms with Gasteiger partial charge in [-0.05, 0) is 23.1 Å². The first-order chi connectivity index (χ1) is 13.0. The topological polar surface area (TPSA) is 100 Å². The van der Waals surface area contributed by atoms with Crippen molar-refractivity contribution in [2.75, 3.05) is 33.4 Å². The van der Waals surface area contributed by atoms with Gasteiger partial charge < -0.3 is 15.0 Å². The summed E-state index contributed by atoms with van der Waals surface area (Å²) < 4.78 is 31.5. The number of carbonyl (C=O) groups excluding carboxylic acids is 1. The van der Waals surface area contributed by atoms with Crippen molar-refractivity contribution < 1.29 is 17.9 Å². The molecule has 1 aromatic rings. The predicted molar refractivity (Wildman–Crippen MR) is 105 cm³/mol. The van der Waals surface area contributed by atoms with Gasteiger partial charge in [-0.1, -0.05) is 23.9 Å². The van der Waals surface area contributed by atoms with Crippen molar-refractivity contribution in [2.24, 2.45) is 4.99 Å². The smallest absolute Gasteiger partial charge is 0.240 e. The van der Waals surface area contributed by atoms with Crippen LogP contribution in [0.4, 0.5) is 0 Å². The van der Waals surface area contributed by atoms with Crippen molar-refractivity contribution in [1.82, 2.24) is 14.9 Å². The molecule has 27 heavy (non-hydrogen) atoms. The third kappa shape index (κ3) is 5.10. The highest BCUT2D eigenvalue weighted by Gasteiger charge is 2.27. The zero-order chi connectivity index (χ0) is 19.3. The van der Waals surface area contributed by atoms with E-state index < -0.39 is 10.0 Å². The Morgan fingerprint density at radius 2 is 2.11 bits per heavy atom. The second kappa shape index (κ2) is 8.87. The fraction of sp³-hybridized carbons (Fsp3) is 0.412. The van der Waals surface area contributed by atoms with Crippen LogP contribution in [0.25, 0.3) is 0 Å². The van der Waals surface area contributed by atoms with Crippen molar-refractivity contribution >= 4 is 32.9 Å². The lowest BCUT2D eigenvalue weighted by atomic mass is 10.2. The maximum atomic E-state index is 12.2. The summed E-state index contributed by atoms with van der Waals surface area (Å²) in [6.07, 6.45) is 0.307. The summed E-state index contributed by atoms with van der Waals surface area (Å²) in [5.74, 6) is -0.0760. The van der Waals surface area contributed by atoms with E-state index in [4.69, 9.17) is 4.74 Å². The molecule has 0 radical (unpaired) electrons. The summed E-state index contributed by atoms with van der Waals surface area (Å²) in [7, 11) is -2.04. The fourth-order valence-corrected chi connectivity index (χ4v) is 4.66. The van der Waals surface area contributed by atoms with Gasteiger partial charge in [0, 0.05) is 32.4 Å². The Balaban J connectivity index is 1.48. The quantitative estimate of drug-likeness (QED) is 0.586. The van der Waals surface area contributed by atoms with E-state index in [-0.39, 0.29) is 17.3 Å². The van der Waals surface area contributed by atoms with E-state index in [1.165, 1.54) is 19.2 Å². The van der Waals surface area contributed by atoms with Crippen LogP contribution in [0, 0.1) is 0 Å². The second-order valence-electron chi connectivity index (χ2n) is 6.03. The molecule has 1 aromatic carbocycles. The van der Waals surface area contributed by atoms with Crippen LogP contribution in [-0.4, -0.2) is 57.7 Å². The lowest BCUT2D eigenvalue weighted by molar-refractivity contribution is -0.120. The van der Waals surface area contributed by atoms with E-state index in [2.05, 4.69) is 19.9 Å². The number of aliphatic imine (C=N–C) groups is 1. The number of methoxy groups -OCH3 is 1. The molecule has 8 nitrogen and oxygen atoms in total. The molecule has 0 saturated carbocycles. The van der Waals surface area contributed by atoms with Gasteiger partial charge in [-0.25, -0.2) is 13.1 Å². The molecular weight excluding hydrogens is 388 g/mol. The maximum Gasteiger partial charge on any atom is 0.240 e. The molecule has 2 aliphatic heterocycles. The number of ether oxygens (including phenoxy) is 1. The van der Waals surface area contributed by atoms with Crippen molar-refractivity contribution in [3.05, 3.63) is 40.9 Å². The van der Waals surface area contributed by atoms with Gasteiger partial charge in [-0.3, -0.25) is 9.79 Å². The number of fused-ring (bicyclic) bond motifs is 1. The van der Waals surface area contributed by atoms with Crippen LogP contribution in [0.1, 0.15) is 12.0 Å². The number of amides is 1. The Kier molecular flexibility index (Phi) is 6.53. The molecule has 0 unspecified atom stereocenters. The Bertz CT molecular complexity index is 850. The minimum absolute atomic E-state index is 0.0760. The van der Waals surface area contributed by atoms with Gasteiger partial charge in [0.1, 0.15) is 0 Å². The van der Waals surface area contributed by atoms with E-state index >= 15 is 0 Å². The highest BCUT2D eigenvalue weighted by Crippen LogP contribution is 2.30. The summed E-state index contributed by atoms with van der Waals surface area (Å²) in [5, 5.41) is 5.80. The average Bonchev–Trinajstić information content (AvgIpc) is 3.26. The summed E-state index contributed by atoms with van der Waals surface area (Å²) in [4.78, 5) is 18.8. The summed E-state index contributed by atoms with van der Waals surface area (Å²) in [5.41, 5.74) is 1.80. The third-order valence-corrected chi connectivity index (χ3v) is 6.54. The Morgan fingerprint density at radius 3 is 2.85 bits per heavy atom. The van der Waals surface area contributed by atoms with Crippen molar-refractivity contribution in [3.8, 4) is 0 Å². The number of benzene rings is 1. The number of nitrogens with zero attached hydrogens (tertiary/aromatic N) is 2. The molecule has 0 atom stereocenters. The number of thioether (sulfide) groups is 1. The molecule has 0 saturated heterocycles. The van der Waals surface area contributed by atoms with Crippen LogP contribution in [0.5, 0.6) is 0 Å². The first-order valence-corrected chi connectivity index (χ1v) is 10.9. The van der Waals surface area contributed by atoms with Gasteiger partial charge in [0.15, 0.2) is 5.17 Å². The van der Waals surface area contributed by atoms with Gasteiger partial charge in [0.25, 0.3) is 0 Å². The average molecular weight is 411 g/mol. The Morgan fingerprint density at radius 1 is 1.33 bits per heavy atom. The van der Waals surface area contributed by atoms with Gasteiger partial charge in [-0.15, -0.1) is 0 Å². The van der Waals surface area contributed by atoms with Gasteiger partial charge in [0.05, 0.1) is 24.5 Å². The molecule has 1 amide bonds. The molecule has 0 fully saturated rings. The molecule has 0 aliphatic carbocycles. The van der Waals surface area contributed by atoms with E-state index in [1.807, 2.05) is 5.41 Å². The molecule has 10 heteroatoms. The second-order valence-corrected chi connectivity index (χ2v) is 8.63.